The molecule has 3 aromatic rings. The highest BCUT2D eigenvalue weighted by Gasteiger charge is 2.09. The Balaban J connectivity index is 0.000000819. The van der Waals surface area contributed by atoms with Crippen molar-refractivity contribution in [3.05, 3.63) is 66.6 Å². The molecule has 1 N–H and O–H groups in total. The van der Waals surface area contributed by atoms with Gasteiger partial charge in [-0.3, -0.25) is 5.43 Å². The minimum atomic E-state index is -0.430. The van der Waals surface area contributed by atoms with Crippen LogP contribution in [0.15, 0.2) is 60.3 Å². The number of hydrogen-bond acceptors (Lipinski definition) is 7. The van der Waals surface area contributed by atoms with E-state index in [0.29, 0.717) is 34.7 Å². The summed E-state index contributed by atoms with van der Waals surface area (Å²) in [5.41, 5.74) is 3.78. The van der Waals surface area contributed by atoms with Crippen LogP contribution in [0.2, 0.25) is 0 Å². The van der Waals surface area contributed by atoms with E-state index in [1.807, 2.05) is 19.9 Å². The summed E-state index contributed by atoms with van der Waals surface area (Å²) in [6, 6.07) is 4.54. The number of nitrogens with one attached hydrogen (secondary N) is 1. The third kappa shape index (κ3) is 8.45. The van der Waals surface area contributed by atoms with E-state index in [9.17, 15) is 4.39 Å². The summed E-state index contributed by atoms with van der Waals surface area (Å²) in [4.78, 5) is 8.43. The fraction of sp³-hybridized carbons (Fsp3) is 0.250. The molecule has 0 saturated carbocycles. The largest absolute Gasteiger partial charge is 0.502 e. The number of rotatable bonds is 7. The fourth-order valence-corrected chi connectivity index (χ4v) is 2.32. The number of hydrazone groups is 1. The van der Waals surface area contributed by atoms with Gasteiger partial charge >= 0.3 is 0 Å². The number of terminal acetylenes is 1. The van der Waals surface area contributed by atoms with Crippen LogP contribution < -0.4 is 10.2 Å². The Labute approximate surface area is 193 Å². The Kier molecular flexibility index (Phi) is 12.0. The highest BCUT2D eigenvalue weighted by molar-refractivity contribution is 5.87. The van der Waals surface area contributed by atoms with E-state index in [2.05, 4.69) is 44.5 Å². The number of ether oxygens (including phenoxy) is 2. The number of fused-ring (bicyclic) bond motifs is 1. The van der Waals surface area contributed by atoms with Gasteiger partial charge in [0.25, 0.3) is 0 Å². The lowest BCUT2D eigenvalue weighted by atomic mass is 10.2. The highest BCUT2D eigenvalue weighted by Crippen LogP contribution is 2.19. The van der Waals surface area contributed by atoms with Crippen molar-refractivity contribution in [1.82, 2.24) is 19.7 Å². The van der Waals surface area contributed by atoms with Crippen molar-refractivity contribution < 1.29 is 13.9 Å². The van der Waals surface area contributed by atoms with Crippen LogP contribution in [0.4, 0.5) is 10.2 Å². The molecule has 0 spiro atoms. The zero-order valence-corrected chi connectivity index (χ0v) is 19.5. The Morgan fingerprint density at radius 3 is 2.67 bits per heavy atom. The molecule has 174 valence electrons. The van der Waals surface area contributed by atoms with Crippen molar-refractivity contribution in [1.29, 1.82) is 0 Å². The van der Waals surface area contributed by atoms with E-state index in [4.69, 9.17) is 9.47 Å². The molecule has 9 heteroatoms. The van der Waals surface area contributed by atoms with Crippen molar-refractivity contribution in [2.75, 3.05) is 19.6 Å². The molecule has 8 nitrogen and oxygen atoms in total. The summed E-state index contributed by atoms with van der Waals surface area (Å²) in [7, 11) is 3.10. The average Bonchev–Trinajstić information content (AvgIpc) is 3.23. The van der Waals surface area contributed by atoms with Gasteiger partial charge in [-0.1, -0.05) is 6.08 Å². The molecule has 0 unspecified atom stereocenters. The van der Waals surface area contributed by atoms with Gasteiger partial charge in [0.15, 0.2) is 11.5 Å². The lowest BCUT2D eigenvalue weighted by molar-refractivity contribution is 0.291. The van der Waals surface area contributed by atoms with Gasteiger partial charge in [0, 0.05) is 11.6 Å². The van der Waals surface area contributed by atoms with Gasteiger partial charge in [-0.2, -0.15) is 10.2 Å². The van der Waals surface area contributed by atoms with Gasteiger partial charge in [0.05, 0.1) is 44.3 Å². The predicted octanol–water partition coefficient (Wildman–Crippen LogP) is 4.80. The number of nitrogens with zero attached hydrogens (tertiary/aromatic N) is 5. The molecular formula is C24H29FN6O2. The van der Waals surface area contributed by atoms with Gasteiger partial charge in [-0.15, -0.1) is 18.9 Å². The van der Waals surface area contributed by atoms with Crippen molar-refractivity contribution in [2.45, 2.75) is 27.3 Å². The van der Waals surface area contributed by atoms with Crippen molar-refractivity contribution in [3.63, 3.8) is 0 Å². The normalized spacial score (nSPS) is 10.4. The Morgan fingerprint density at radius 2 is 2.06 bits per heavy atom. The van der Waals surface area contributed by atoms with E-state index in [0.717, 1.165) is 5.76 Å². The predicted molar refractivity (Wildman–Crippen MR) is 131 cm³/mol. The summed E-state index contributed by atoms with van der Waals surface area (Å²) in [6.45, 7) is 9.28. The number of anilines is 1. The molecular weight excluding hydrogens is 423 g/mol. The number of hydrogen-bond donors (Lipinski definition) is 1. The summed E-state index contributed by atoms with van der Waals surface area (Å²) in [5.74, 6) is 3.53. The maximum Gasteiger partial charge on any atom is 0.163 e. The van der Waals surface area contributed by atoms with E-state index in [-0.39, 0.29) is 0 Å². The minimum Gasteiger partial charge on any atom is -0.502 e. The number of methoxy groups -OCH3 is 2. The van der Waals surface area contributed by atoms with Crippen LogP contribution >= 0.6 is 0 Å². The molecule has 1 aromatic carbocycles. The van der Waals surface area contributed by atoms with Crippen molar-refractivity contribution >= 4 is 23.1 Å². The van der Waals surface area contributed by atoms with Crippen LogP contribution in [0.5, 0.6) is 5.75 Å². The van der Waals surface area contributed by atoms with Gasteiger partial charge in [0.1, 0.15) is 17.9 Å². The Bertz CT molecular complexity index is 1130. The maximum atomic E-state index is 13.9. The SMILES string of the molecule is C#CC.C=CC.CO/C(C)=C/Cn1ncc2c(N/N=C/c3ccc(OC)cc3F)ncnc21. The second-order valence-electron chi connectivity index (χ2n) is 6.26. The van der Waals surface area contributed by atoms with Crippen molar-refractivity contribution in [2.24, 2.45) is 5.10 Å². The number of aromatic nitrogens is 4. The molecule has 0 aliphatic rings. The first-order valence-electron chi connectivity index (χ1n) is 9.89. The van der Waals surface area contributed by atoms with E-state index < -0.39 is 5.82 Å². The van der Waals surface area contributed by atoms with Gasteiger partial charge in [-0.25, -0.2) is 19.0 Å². The van der Waals surface area contributed by atoms with E-state index in [1.54, 1.807) is 43.1 Å². The second kappa shape index (κ2) is 14.8. The van der Waals surface area contributed by atoms with Gasteiger partial charge < -0.3 is 9.47 Å². The smallest absolute Gasteiger partial charge is 0.163 e. The topological polar surface area (TPSA) is 86.5 Å². The first kappa shape index (κ1) is 26.8. The summed E-state index contributed by atoms with van der Waals surface area (Å²) < 4.78 is 25.8. The van der Waals surface area contributed by atoms with Crippen LogP contribution in [-0.2, 0) is 11.3 Å². The third-order valence-corrected chi connectivity index (χ3v) is 3.89. The van der Waals surface area contributed by atoms with E-state index >= 15 is 0 Å². The summed E-state index contributed by atoms with van der Waals surface area (Å²) in [6.07, 6.45) is 12.7. The summed E-state index contributed by atoms with van der Waals surface area (Å²) in [5, 5.41) is 9.07. The molecule has 0 aliphatic carbocycles. The molecule has 0 saturated heterocycles. The molecule has 33 heavy (non-hydrogen) atoms. The first-order chi connectivity index (χ1) is 15.9. The molecule has 0 bridgehead atoms. The van der Waals surface area contributed by atoms with Crippen molar-refractivity contribution in [3.8, 4) is 18.1 Å². The molecule has 0 fully saturated rings. The second-order valence-corrected chi connectivity index (χ2v) is 6.26. The van der Waals surface area contributed by atoms with Crippen LogP contribution in [0.3, 0.4) is 0 Å². The maximum absolute atomic E-state index is 13.9. The highest BCUT2D eigenvalue weighted by atomic mass is 19.1. The van der Waals surface area contributed by atoms with Gasteiger partial charge in [0.2, 0.25) is 0 Å². The van der Waals surface area contributed by atoms with Gasteiger partial charge in [-0.05, 0) is 39.0 Å². The lowest BCUT2D eigenvalue weighted by Crippen LogP contribution is -2.01. The fourth-order valence-electron chi connectivity index (χ4n) is 2.32. The number of halogens is 1. The standard InChI is InChI=1S/C18H19FN6O2.C3H6.C3H4/c1-12(26-2)6-7-25-18-15(10-23-25)17(20-11-21-18)24-22-9-13-4-5-14(27-3)8-16(13)19;2*1-3-2/h4-6,8-11H,7H2,1-3H3,(H,20,21,24);3H,1H2,2H3;1H,2H3/b12-6+,22-9+;;. The van der Waals surface area contributed by atoms with Crippen LogP contribution in [0.25, 0.3) is 11.0 Å². The third-order valence-electron chi connectivity index (χ3n) is 3.89. The van der Waals surface area contributed by atoms with Crippen LogP contribution in [0.1, 0.15) is 26.3 Å². The monoisotopic (exact) mass is 452 g/mol. The van der Waals surface area contributed by atoms with Crippen LogP contribution in [-0.4, -0.2) is 40.2 Å². The Hall–Kier alpha value is -4.19. The van der Waals surface area contributed by atoms with E-state index in [1.165, 1.54) is 25.7 Å². The molecule has 0 amide bonds. The molecule has 2 heterocycles. The van der Waals surface area contributed by atoms with Crippen LogP contribution in [0, 0.1) is 18.2 Å². The molecule has 0 atom stereocenters. The average molecular weight is 453 g/mol. The number of benzene rings is 1. The summed E-state index contributed by atoms with van der Waals surface area (Å²) >= 11 is 0. The molecule has 0 radical (unpaired) electrons. The first-order valence-corrected chi connectivity index (χ1v) is 9.89. The Morgan fingerprint density at radius 1 is 1.36 bits per heavy atom. The minimum absolute atomic E-state index is 0.324. The lowest BCUT2D eigenvalue weighted by Gasteiger charge is -2.03. The molecule has 2 aromatic heterocycles. The molecule has 0 aliphatic heterocycles. The number of allylic oxidation sites excluding steroid dienone is 3. The zero-order chi connectivity index (χ0) is 24.6. The quantitative estimate of drug-likeness (QED) is 0.182. The molecule has 3 rings (SSSR count). The zero-order valence-electron chi connectivity index (χ0n) is 19.5.